The van der Waals surface area contributed by atoms with Gasteiger partial charge in [-0.15, -0.1) is 0 Å². The standard InChI is InChI=1S/C24H28N4O3/c1-3-30-20-12-13-22(31-4-2)21(15-20)27-24(25)26-16-18-8-10-19(11-9-18)17-28-14-6-5-7-23(28)29/h5-15H,3-4,16-17H2,1-2H3,(H3,25,26,27). The molecule has 0 saturated carbocycles. The number of hydrogen-bond donors (Lipinski definition) is 2. The Bertz CT molecular complexity index is 1070. The second-order valence-electron chi connectivity index (χ2n) is 6.83. The zero-order valence-electron chi connectivity index (χ0n) is 17.9. The summed E-state index contributed by atoms with van der Waals surface area (Å²) < 4.78 is 12.9. The van der Waals surface area contributed by atoms with Crippen LogP contribution in [-0.4, -0.2) is 23.7 Å². The van der Waals surface area contributed by atoms with Crippen LogP contribution in [-0.2, 0) is 13.1 Å². The van der Waals surface area contributed by atoms with Gasteiger partial charge in [0.2, 0.25) is 0 Å². The molecule has 0 fully saturated rings. The smallest absolute Gasteiger partial charge is 0.250 e. The van der Waals surface area contributed by atoms with Gasteiger partial charge in [0.25, 0.3) is 5.56 Å². The monoisotopic (exact) mass is 420 g/mol. The summed E-state index contributed by atoms with van der Waals surface area (Å²) in [6.45, 7) is 5.94. The van der Waals surface area contributed by atoms with Gasteiger partial charge >= 0.3 is 0 Å². The average Bonchev–Trinajstić information content (AvgIpc) is 2.77. The van der Waals surface area contributed by atoms with Gasteiger partial charge in [-0.1, -0.05) is 30.3 Å². The number of nitrogens with two attached hydrogens (primary N) is 1. The molecule has 0 aliphatic heterocycles. The highest BCUT2D eigenvalue weighted by Gasteiger charge is 2.07. The molecule has 1 heterocycles. The van der Waals surface area contributed by atoms with E-state index in [2.05, 4.69) is 10.3 Å². The summed E-state index contributed by atoms with van der Waals surface area (Å²) >= 11 is 0. The second kappa shape index (κ2) is 10.9. The van der Waals surface area contributed by atoms with E-state index in [-0.39, 0.29) is 11.5 Å². The van der Waals surface area contributed by atoms with Gasteiger partial charge in [0, 0.05) is 18.3 Å². The number of nitrogens with zero attached hydrogens (tertiary/aromatic N) is 2. The van der Waals surface area contributed by atoms with Crippen LogP contribution in [0.25, 0.3) is 0 Å². The normalized spacial score (nSPS) is 11.2. The van der Waals surface area contributed by atoms with E-state index < -0.39 is 0 Å². The molecule has 0 aliphatic rings. The Hall–Kier alpha value is -3.74. The number of hydrogen-bond acceptors (Lipinski definition) is 4. The number of aromatic nitrogens is 1. The molecule has 0 atom stereocenters. The first-order valence-corrected chi connectivity index (χ1v) is 10.3. The molecule has 0 spiro atoms. The van der Waals surface area contributed by atoms with E-state index in [1.54, 1.807) is 22.9 Å². The highest BCUT2D eigenvalue weighted by Crippen LogP contribution is 2.29. The maximum atomic E-state index is 11.8. The van der Waals surface area contributed by atoms with Gasteiger partial charge in [-0.2, -0.15) is 0 Å². The predicted octanol–water partition coefficient (Wildman–Crippen LogP) is 3.62. The number of benzene rings is 2. The molecule has 3 N–H and O–H groups in total. The van der Waals surface area contributed by atoms with Gasteiger partial charge in [-0.05, 0) is 43.2 Å². The molecule has 0 amide bonds. The second-order valence-corrected chi connectivity index (χ2v) is 6.83. The fourth-order valence-corrected chi connectivity index (χ4v) is 3.04. The molecule has 7 heteroatoms. The van der Waals surface area contributed by atoms with E-state index in [1.165, 1.54) is 0 Å². The SMILES string of the molecule is CCOc1ccc(OCC)c(NC(N)=NCc2ccc(Cn3ccccc3=O)cc2)c1. The molecule has 3 rings (SSSR count). The summed E-state index contributed by atoms with van der Waals surface area (Å²) in [5.41, 5.74) is 8.84. The summed E-state index contributed by atoms with van der Waals surface area (Å²) in [4.78, 5) is 16.3. The highest BCUT2D eigenvalue weighted by atomic mass is 16.5. The van der Waals surface area contributed by atoms with Gasteiger partial charge in [-0.25, -0.2) is 4.99 Å². The van der Waals surface area contributed by atoms with Crippen LogP contribution in [0.2, 0.25) is 0 Å². The zero-order chi connectivity index (χ0) is 22.1. The molecule has 0 saturated heterocycles. The third kappa shape index (κ3) is 6.37. The molecule has 0 bridgehead atoms. The maximum Gasteiger partial charge on any atom is 0.250 e. The lowest BCUT2D eigenvalue weighted by molar-refractivity contribution is 0.332. The van der Waals surface area contributed by atoms with Crippen molar-refractivity contribution < 1.29 is 9.47 Å². The minimum Gasteiger partial charge on any atom is -0.494 e. The maximum absolute atomic E-state index is 11.8. The van der Waals surface area contributed by atoms with E-state index in [9.17, 15) is 4.79 Å². The molecule has 162 valence electrons. The van der Waals surface area contributed by atoms with E-state index >= 15 is 0 Å². The molecule has 0 unspecified atom stereocenters. The first-order valence-electron chi connectivity index (χ1n) is 10.3. The van der Waals surface area contributed by atoms with Crippen LogP contribution in [0.1, 0.15) is 25.0 Å². The molecule has 3 aromatic rings. The first kappa shape index (κ1) is 22.0. The van der Waals surface area contributed by atoms with Crippen LogP contribution in [0.15, 0.2) is 76.6 Å². The molecule has 7 nitrogen and oxygen atoms in total. The van der Waals surface area contributed by atoms with Crippen molar-refractivity contribution in [2.24, 2.45) is 10.7 Å². The molecule has 0 radical (unpaired) electrons. The van der Waals surface area contributed by atoms with Crippen molar-refractivity contribution in [1.29, 1.82) is 0 Å². The molecular formula is C24H28N4O3. The van der Waals surface area contributed by atoms with E-state index in [0.717, 1.165) is 16.9 Å². The van der Waals surface area contributed by atoms with Crippen LogP contribution in [0.3, 0.4) is 0 Å². The predicted molar refractivity (Wildman–Crippen MR) is 124 cm³/mol. The van der Waals surface area contributed by atoms with Crippen molar-refractivity contribution in [1.82, 2.24) is 4.57 Å². The number of guanidine groups is 1. The van der Waals surface area contributed by atoms with Gasteiger partial charge in [0.15, 0.2) is 5.96 Å². The topological polar surface area (TPSA) is 90.9 Å². The minimum atomic E-state index is -0.0187. The fraction of sp³-hybridized carbons (Fsp3) is 0.250. The number of anilines is 1. The lowest BCUT2D eigenvalue weighted by Crippen LogP contribution is -2.23. The van der Waals surface area contributed by atoms with Gasteiger partial charge in [0.05, 0.1) is 32.0 Å². The molecular weight excluding hydrogens is 392 g/mol. The summed E-state index contributed by atoms with van der Waals surface area (Å²) in [7, 11) is 0. The van der Waals surface area contributed by atoms with Crippen molar-refractivity contribution in [2.75, 3.05) is 18.5 Å². The number of rotatable bonds is 9. The van der Waals surface area contributed by atoms with Gasteiger partial charge in [-0.3, -0.25) is 4.79 Å². The van der Waals surface area contributed by atoms with Crippen LogP contribution in [0, 0.1) is 0 Å². The Labute approximate surface area is 182 Å². The Balaban J connectivity index is 1.64. The zero-order valence-corrected chi connectivity index (χ0v) is 17.9. The van der Waals surface area contributed by atoms with Crippen LogP contribution >= 0.6 is 0 Å². The van der Waals surface area contributed by atoms with Gasteiger partial charge < -0.3 is 25.1 Å². The summed E-state index contributed by atoms with van der Waals surface area (Å²) in [5.74, 6) is 1.70. The Kier molecular flexibility index (Phi) is 7.70. The van der Waals surface area contributed by atoms with Crippen molar-refractivity contribution >= 4 is 11.6 Å². The van der Waals surface area contributed by atoms with E-state index in [4.69, 9.17) is 15.2 Å². The summed E-state index contributed by atoms with van der Waals surface area (Å²) in [6, 6.07) is 18.7. The largest absolute Gasteiger partial charge is 0.494 e. The van der Waals surface area contributed by atoms with E-state index in [1.807, 2.05) is 62.4 Å². The first-order chi connectivity index (χ1) is 15.1. The Morgan fingerprint density at radius 1 is 1.00 bits per heavy atom. The van der Waals surface area contributed by atoms with Crippen LogP contribution in [0.5, 0.6) is 11.5 Å². The van der Waals surface area contributed by atoms with E-state index in [0.29, 0.717) is 37.7 Å². The number of aliphatic imine (C=N–C) groups is 1. The van der Waals surface area contributed by atoms with Gasteiger partial charge in [0.1, 0.15) is 11.5 Å². The van der Waals surface area contributed by atoms with Crippen molar-refractivity contribution in [2.45, 2.75) is 26.9 Å². The summed E-state index contributed by atoms with van der Waals surface area (Å²) in [6.07, 6.45) is 1.78. The number of ether oxygens (including phenoxy) is 2. The Morgan fingerprint density at radius 3 is 2.45 bits per heavy atom. The Morgan fingerprint density at radius 2 is 1.74 bits per heavy atom. The fourth-order valence-electron chi connectivity index (χ4n) is 3.04. The lowest BCUT2D eigenvalue weighted by atomic mass is 10.1. The number of pyridine rings is 1. The molecule has 2 aromatic carbocycles. The number of nitrogens with one attached hydrogen (secondary N) is 1. The molecule has 1 aromatic heterocycles. The lowest BCUT2D eigenvalue weighted by Gasteiger charge is -2.14. The van der Waals surface area contributed by atoms with Crippen molar-refractivity contribution in [3.8, 4) is 11.5 Å². The summed E-state index contributed by atoms with van der Waals surface area (Å²) in [5, 5.41) is 3.10. The highest BCUT2D eigenvalue weighted by molar-refractivity contribution is 5.94. The third-order valence-electron chi connectivity index (χ3n) is 4.53. The average molecular weight is 421 g/mol. The van der Waals surface area contributed by atoms with Crippen molar-refractivity contribution in [3.05, 3.63) is 88.3 Å². The third-order valence-corrected chi connectivity index (χ3v) is 4.53. The minimum absolute atomic E-state index is 0.0187. The van der Waals surface area contributed by atoms with Crippen LogP contribution < -0.4 is 26.1 Å². The molecule has 0 aliphatic carbocycles. The van der Waals surface area contributed by atoms with Crippen molar-refractivity contribution in [3.63, 3.8) is 0 Å². The quantitative estimate of drug-likeness (QED) is 0.408. The van der Waals surface area contributed by atoms with Crippen LogP contribution in [0.4, 0.5) is 5.69 Å². The molecule has 31 heavy (non-hydrogen) atoms.